The first-order valence-electron chi connectivity index (χ1n) is 4.40. The fourth-order valence-electron chi connectivity index (χ4n) is 1.37. The molecule has 6 heteroatoms. The van der Waals surface area contributed by atoms with Crippen LogP contribution in [0.2, 0.25) is 0 Å². The van der Waals surface area contributed by atoms with Crippen LogP contribution >= 0.6 is 0 Å². The number of rotatable bonds is 2. The minimum atomic E-state index is -4.74. The van der Waals surface area contributed by atoms with Crippen LogP contribution in [0.4, 0.5) is 13.2 Å². The van der Waals surface area contributed by atoms with Crippen molar-refractivity contribution in [1.82, 2.24) is 4.90 Å². The van der Waals surface area contributed by atoms with Crippen LogP contribution < -0.4 is 0 Å². The number of carbonyl (C=O) groups excluding carboxylic acids is 1. The van der Waals surface area contributed by atoms with Crippen molar-refractivity contribution in [2.75, 3.05) is 19.6 Å². The number of nitrogens with zero attached hydrogens (tertiary/aromatic N) is 1. The minimum absolute atomic E-state index is 0.350. The second-order valence-electron chi connectivity index (χ2n) is 3.43. The first kappa shape index (κ1) is 11.5. The smallest absolute Gasteiger partial charge is 0.393 e. The first-order chi connectivity index (χ1) is 6.39. The Hall–Kier alpha value is -0.620. The van der Waals surface area contributed by atoms with Crippen molar-refractivity contribution in [3.63, 3.8) is 0 Å². The fraction of sp³-hybridized carbons (Fsp3) is 0.875. The van der Waals surface area contributed by atoms with Gasteiger partial charge in [-0.25, -0.2) is 0 Å². The summed E-state index contributed by atoms with van der Waals surface area (Å²) < 4.78 is 35.6. The summed E-state index contributed by atoms with van der Waals surface area (Å²) in [6.07, 6.45) is -4.31. The predicted octanol–water partition coefficient (Wildman–Crippen LogP) is 0.575. The fourth-order valence-corrected chi connectivity index (χ4v) is 1.37. The summed E-state index contributed by atoms with van der Waals surface area (Å²) in [7, 11) is 0. The monoisotopic (exact) mass is 211 g/mol. The van der Waals surface area contributed by atoms with Crippen molar-refractivity contribution < 1.29 is 23.1 Å². The Morgan fingerprint density at radius 3 is 2.29 bits per heavy atom. The zero-order chi connectivity index (χ0) is 10.8. The number of ketones is 1. The highest BCUT2D eigenvalue weighted by molar-refractivity contribution is 5.85. The Labute approximate surface area is 79.5 Å². The molecule has 0 aromatic carbocycles. The number of piperidine rings is 1. The molecule has 0 aliphatic carbocycles. The number of alkyl halides is 3. The van der Waals surface area contributed by atoms with Gasteiger partial charge < -0.3 is 5.11 Å². The highest BCUT2D eigenvalue weighted by Crippen LogP contribution is 2.18. The number of hydrogen-bond acceptors (Lipinski definition) is 3. The molecule has 0 aromatic rings. The average molecular weight is 211 g/mol. The maximum absolute atomic E-state index is 11.9. The van der Waals surface area contributed by atoms with Gasteiger partial charge in [-0.15, -0.1) is 0 Å². The number of Topliss-reactive ketones (excluding diaryl/α,β-unsaturated/α-hetero) is 1. The molecular formula is C8H12F3NO2. The number of carbonyl (C=O) groups is 1. The number of halogens is 3. The van der Waals surface area contributed by atoms with Crippen LogP contribution in [0.5, 0.6) is 0 Å². The van der Waals surface area contributed by atoms with E-state index < -0.39 is 24.6 Å². The second-order valence-corrected chi connectivity index (χ2v) is 3.43. The maximum Gasteiger partial charge on any atom is 0.451 e. The van der Waals surface area contributed by atoms with E-state index in [1.54, 1.807) is 0 Å². The zero-order valence-electron chi connectivity index (χ0n) is 7.55. The minimum Gasteiger partial charge on any atom is -0.393 e. The van der Waals surface area contributed by atoms with E-state index in [1.807, 2.05) is 0 Å². The van der Waals surface area contributed by atoms with Gasteiger partial charge in [0, 0.05) is 13.1 Å². The van der Waals surface area contributed by atoms with Gasteiger partial charge in [0.2, 0.25) is 5.78 Å². The van der Waals surface area contributed by atoms with Crippen molar-refractivity contribution in [1.29, 1.82) is 0 Å². The third kappa shape index (κ3) is 3.26. The summed E-state index contributed by atoms with van der Waals surface area (Å²) in [5.74, 6) is -1.71. The average Bonchev–Trinajstić information content (AvgIpc) is 2.07. The third-order valence-corrected chi connectivity index (χ3v) is 2.24. The number of aliphatic hydroxyl groups is 1. The van der Waals surface area contributed by atoms with Crippen LogP contribution in [0.15, 0.2) is 0 Å². The van der Waals surface area contributed by atoms with Gasteiger partial charge in [0.1, 0.15) is 0 Å². The standard InChI is InChI=1S/C8H12F3NO2/c9-8(10,11)7(14)5-12-3-1-6(13)2-4-12/h6,13H,1-5H2. The van der Waals surface area contributed by atoms with Gasteiger partial charge in [0.15, 0.2) is 0 Å². The summed E-state index contributed by atoms with van der Waals surface area (Å²) in [4.78, 5) is 12.0. The van der Waals surface area contributed by atoms with Gasteiger partial charge in [0.05, 0.1) is 12.6 Å². The molecule has 0 aromatic heterocycles. The third-order valence-electron chi connectivity index (χ3n) is 2.24. The molecule has 1 aliphatic rings. The molecule has 1 fully saturated rings. The Kier molecular flexibility index (Phi) is 3.49. The molecule has 1 aliphatic heterocycles. The van der Waals surface area contributed by atoms with E-state index >= 15 is 0 Å². The lowest BCUT2D eigenvalue weighted by Crippen LogP contribution is -2.42. The predicted molar refractivity (Wildman–Crippen MR) is 42.7 cm³/mol. The summed E-state index contributed by atoms with van der Waals surface area (Å²) in [5, 5.41) is 9.09. The van der Waals surface area contributed by atoms with Gasteiger partial charge in [-0.3, -0.25) is 9.69 Å². The van der Waals surface area contributed by atoms with Gasteiger partial charge in [0.25, 0.3) is 0 Å². The second kappa shape index (κ2) is 4.27. The molecule has 1 N–H and O–H groups in total. The molecule has 0 atom stereocenters. The largest absolute Gasteiger partial charge is 0.451 e. The van der Waals surface area contributed by atoms with Crippen molar-refractivity contribution >= 4 is 5.78 Å². The van der Waals surface area contributed by atoms with Crippen molar-refractivity contribution in [2.24, 2.45) is 0 Å². The van der Waals surface area contributed by atoms with Crippen LogP contribution in [0.1, 0.15) is 12.8 Å². The van der Waals surface area contributed by atoms with E-state index in [9.17, 15) is 18.0 Å². The molecule has 82 valence electrons. The molecule has 0 bridgehead atoms. The Morgan fingerprint density at radius 1 is 1.36 bits per heavy atom. The highest BCUT2D eigenvalue weighted by Gasteiger charge is 2.39. The van der Waals surface area contributed by atoms with Crippen molar-refractivity contribution in [3.05, 3.63) is 0 Å². The van der Waals surface area contributed by atoms with Crippen molar-refractivity contribution in [2.45, 2.75) is 25.1 Å². The van der Waals surface area contributed by atoms with Crippen LogP contribution in [0.3, 0.4) is 0 Å². The molecule has 1 heterocycles. The summed E-state index contributed by atoms with van der Waals surface area (Å²) in [6.45, 7) is 0.113. The SMILES string of the molecule is O=C(CN1CCC(O)CC1)C(F)(F)F. The van der Waals surface area contributed by atoms with E-state index in [2.05, 4.69) is 0 Å². The lowest BCUT2D eigenvalue weighted by molar-refractivity contribution is -0.172. The molecule has 14 heavy (non-hydrogen) atoms. The van der Waals surface area contributed by atoms with Crippen LogP contribution in [-0.2, 0) is 4.79 Å². The van der Waals surface area contributed by atoms with Crippen molar-refractivity contribution in [3.8, 4) is 0 Å². The molecule has 0 amide bonds. The summed E-state index contributed by atoms with van der Waals surface area (Å²) in [5.41, 5.74) is 0. The Balaban J connectivity index is 2.35. The van der Waals surface area contributed by atoms with E-state index in [0.29, 0.717) is 25.9 Å². The topological polar surface area (TPSA) is 40.5 Å². The van der Waals surface area contributed by atoms with Gasteiger partial charge in [-0.05, 0) is 12.8 Å². The van der Waals surface area contributed by atoms with Crippen LogP contribution in [0.25, 0.3) is 0 Å². The Morgan fingerprint density at radius 2 is 1.86 bits per heavy atom. The first-order valence-corrected chi connectivity index (χ1v) is 4.40. The van der Waals surface area contributed by atoms with Gasteiger partial charge in [-0.1, -0.05) is 0 Å². The van der Waals surface area contributed by atoms with E-state index in [0.717, 1.165) is 0 Å². The van der Waals surface area contributed by atoms with Gasteiger partial charge >= 0.3 is 6.18 Å². The Bertz CT molecular complexity index is 209. The quantitative estimate of drug-likeness (QED) is 0.726. The summed E-state index contributed by atoms with van der Waals surface area (Å²) in [6, 6.07) is 0. The van der Waals surface area contributed by atoms with Gasteiger partial charge in [-0.2, -0.15) is 13.2 Å². The van der Waals surface area contributed by atoms with E-state index in [-0.39, 0.29) is 0 Å². The normalized spacial score (nSPS) is 21.1. The highest BCUT2D eigenvalue weighted by atomic mass is 19.4. The van der Waals surface area contributed by atoms with E-state index in [4.69, 9.17) is 5.11 Å². The number of hydrogen-bond donors (Lipinski definition) is 1. The lowest BCUT2D eigenvalue weighted by atomic mass is 10.1. The molecule has 0 unspecified atom stereocenters. The molecule has 0 radical (unpaired) electrons. The molecule has 1 rings (SSSR count). The van der Waals surface area contributed by atoms with E-state index in [1.165, 1.54) is 4.90 Å². The molecule has 1 saturated heterocycles. The number of aliphatic hydroxyl groups excluding tert-OH is 1. The molecule has 3 nitrogen and oxygen atoms in total. The van der Waals surface area contributed by atoms with Crippen LogP contribution in [-0.4, -0.2) is 47.7 Å². The summed E-state index contributed by atoms with van der Waals surface area (Å²) >= 11 is 0. The maximum atomic E-state index is 11.9. The zero-order valence-corrected chi connectivity index (χ0v) is 7.55. The number of likely N-dealkylation sites (tertiary alicyclic amines) is 1. The lowest BCUT2D eigenvalue weighted by Gasteiger charge is -2.28. The molecule has 0 spiro atoms. The molecular weight excluding hydrogens is 199 g/mol. The van der Waals surface area contributed by atoms with Crippen LogP contribution in [0, 0.1) is 0 Å². The molecule has 0 saturated carbocycles.